The molecule has 0 spiro atoms. The van der Waals surface area contributed by atoms with Crippen molar-refractivity contribution in [3.63, 3.8) is 0 Å². The Morgan fingerprint density at radius 1 is 1.44 bits per heavy atom. The van der Waals surface area contributed by atoms with Crippen molar-refractivity contribution in [2.24, 2.45) is 11.7 Å². The van der Waals surface area contributed by atoms with Gasteiger partial charge in [-0.05, 0) is 39.4 Å². The van der Waals surface area contributed by atoms with Crippen molar-refractivity contribution in [1.82, 2.24) is 4.90 Å². The Hall–Kier alpha value is -0.890. The molecule has 0 aliphatic carbocycles. The van der Waals surface area contributed by atoms with E-state index in [0.717, 1.165) is 13.1 Å². The number of aryl methyl sites for hydroxylation is 1. The molecule has 0 bridgehead atoms. The molecule has 18 heavy (non-hydrogen) atoms. The van der Waals surface area contributed by atoms with Crippen molar-refractivity contribution in [3.05, 3.63) is 21.9 Å². The van der Waals surface area contributed by atoms with E-state index in [1.807, 2.05) is 13.8 Å². The summed E-state index contributed by atoms with van der Waals surface area (Å²) >= 11 is 1.80. The Bertz CT molecular complexity index is 405. The average molecular weight is 265 g/mol. The molecule has 0 fully saturated rings. The number of thiophene rings is 1. The van der Waals surface area contributed by atoms with Crippen LogP contribution < -0.4 is 5.73 Å². The Labute approximate surface area is 114 Å². The molecular formula is C14H23N3S. The van der Waals surface area contributed by atoms with Crippen LogP contribution in [-0.2, 0) is 0 Å². The molecule has 3 unspecified atom stereocenters. The molecule has 1 heterocycles. The molecule has 1 aromatic heterocycles. The van der Waals surface area contributed by atoms with Crippen molar-refractivity contribution >= 4 is 11.3 Å². The summed E-state index contributed by atoms with van der Waals surface area (Å²) in [6, 6.07) is 6.87. The second-order valence-electron chi connectivity index (χ2n) is 4.87. The van der Waals surface area contributed by atoms with E-state index in [4.69, 9.17) is 11.0 Å². The zero-order valence-electron chi connectivity index (χ0n) is 11.7. The van der Waals surface area contributed by atoms with E-state index >= 15 is 0 Å². The van der Waals surface area contributed by atoms with Crippen LogP contribution in [0.3, 0.4) is 0 Å². The van der Waals surface area contributed by atoms with Gasteiger partial charge in [-0.25, -0.2) is 0 Å². The predicted octanol–water partition coefficient (Wildman–Crippen LogP) is 2.93. The molecule has 0 aliphatic heterocycles. The van der Waals surface area contributed by atoms with Gasteiger partial charge in [0.15, 0.2) is 0 Å². The Balaban J connectivity index is 2.92. The summed E-state index contributed by atoms with van der Waals surface area (Å²) in [7, 11) is 0. The van der Waals surface area contributed by atoms with E-state index in [1.54, 1.807) is 11.3 Å². The van der Waals surface area contributed by atoms with Crippen LogP contribution in [0.4, 0.5) is 0 Å². The fourth-order valence-electron chi connectivity index (χ4n) is 2.22. The largest absolute Gasteiger partial charge is 0.326 e. The first-order valence-electron chi connectivity index (χ1n) is 6.45. The van der Waals surface area contributed by atoms with Gasteiger partial charge in [0.2, 0.25) is 0 Å². The number of hydrogen-bond acceptors (Lipinski definition) is 4. The van der Waals surface area contributed by atoms with Crippen molar-refractivity contribution < 1.29 is 0 Å². The minimum Gasteiger partial charge on any atom is -0.326 e. The van der Waals surface area contributed by atoms with Crippen LogP contribution in [0, 0.1) is 24.2 Å². The van der Waals surface area contributed by atoms with Gasteiger partial charge in [0.25, 0.3) is 0 Å². The van der Waals surface area contributed by atoms with Gasteiger partial charge in [-0.2, -0.15) is 5.26 Å². The molecule has 0 saturated heterocycles. The van der Waals surface area contributed by atoms with E-state index in [2.05, 4.69) is 36.9 Å². The highest BCUT2D eigenvalue weighted by Crippen LogP contribution is 2.30. The van der Waals surface area contributed by atoms with Crippen LogP contribution >= 0.6 is 11.3 Å². The van der Waals surface area contributed by atoms with Gasteiger partial charge < -0.3 is 5.73 Å². The fraction of sp³-hybridized carbons (Fsp3) is 0.643. The van der Waals surface area contributed by atoms with Crippen molar-refractivity contribution in [1.29, 1.82) is 5.26 Å². The third-order valence-electron chi connectivity index (χ3n) is 3.08. The molecule has 1 rings (SSSR count). The highest BCUT2D eigenvalue weighted by atomic mass is 32.1. The second-order valence-corrected chi connectivity index (χ2v) is 6.19. The molecular weight excluding hydrogens is 242 g/mol. The minimum atomic E-state index is 0.0345. The number of rotatable bonds is 6. The summed E-state index contributed by atoms with van der Waals surface area (Å²) in [5.74, 6) is 0.0345. The molecule has 0 aliphatic rings. The summed E-state index contributed by atoms with van der Waals surface area (Å²) in [4.78, 5) is 4.92. The SMILES string of the molecule is CCN(CC(C)C#N)C(c1ccc(C)s1)C(C)N. The Morgan fingerprint density at radius 2 is 2.11 bits per heavy atom. The number of nitrogens with two attached hydrogens (primary N) is 1. The first kappa shape index (κ1) is 15.2. The van der Waals surface area contributed by atoms with E-state index in [-0.39, 0.29) is 18.0 Å². The van der Waals surface area contributed by atoms with Crippen molar-refractivity contribution in [3.8, 4) is 6.07 Å². The predicted molar refractivity (Wildman–Crippen MR) is 77.5 cm³/mol. The lowest BCUT2D eigenvalue weighted by Crippen LogP contribution is -2.41. The number of nitriles is 1. The number of nitrogens with zero attached hydrogens (tertiary/aromatic N) is 2. The number of hydrogen-bond donors (Lipinski definition) is 1. The fourth-order valence-corrected chi connectivity index (χ4v) is 3.34. The lowest BCUT2D eigenvalue weighted by atomic mass is 10.0. The summed E-state index contributed by atoms with van der Waals surface area (Å²) in [5.41, 5.74) is 6.15. The maximum Gasteiger partial charge on any atom is 0.0666 e. The van der Waals surface area contributed by atoms with Gasteiger partial charge in [-0.1, -0.05) is 6.92 Å². The topological polar surface area (TPSA) is 53.0 Å². The van der Waals surface area contributed by atoms with E-state index in [9.17, 15) is 0 Å². The quantitative estimate of drug-likeness (QED) is 0.860. The third kappa shape index (κ3) is 3.81. The zero-order valence-corrected chi connectivity index (χ0v) is 12.5. The average Bonchev–Trinajstić information content (AvgIpc) is 2.73. The van der Waals surface area contributed by atoms with E-state index in [0.29, 0.717) is 0 Å². The monoisotopic (exact) mass is 265 g/mol. The highest BCUT2D eigenvalue weighted by Gasteiger charge is 2.25. The maximum atomic E-state index is 8.97. The standard InChI is InChI=1S/C14H23N3S/c1-5-17(9-10(2)8-15)14(12(4)16)13-7-6-11(3)18-13/h6-7,10,12,14H,5,9,16H2,1-4H3. The van der Waals surface area contributed by atoms with Crippen LogP contribution in [0.1, 0.15) is 36.6 Å². The van der Waals surface area contributed by atoms with Crippen LogP contribution in [0.15, 0.2) is 12.1 Å². The molecule has 100 valence electrons. The van der Waals surface area contributed by atoms with Gasteiger partial charge in [-0.3, -0.25) is 4.90 Å². The minimum absolute atomic E-state index is 0.0345. The first-order valence-corrected chi connectivity index (χ1v) is 7.26. The van der Waals surface area contributed by atoms with Crippen molar-refractivity contribution in [2.45, 2.75) is 39.8 Å². The Morgan fingerprint density at radius 3 is 2.50 bits per heavy atom. The van der Waals surface area contributed by atoms with Gasteiger partial charge in [0.1, 0.15) is 0 Å². The van der Waals surface area contributed by atoms with E-state index in [1.165, 1.54) is 9.75 Å². The van der Waals surface area contributed by atoms with Crippen molar-refractivity contribution in [2.75, 3.05) is 13.1 Å². The van der Waals surface area contributed by atoms with Crippen LogP contribution in [0.5, 0.6) is 0 Å². The second kappa shape index (κ2) is 6.89. The lowest BCUT2D eigenvalue weighted by Gasteiger charge is -2.33. The molecule has 0 amide bonds. The smallest absolute Gasteiger partial charge is 0.0666 e. The molecule has 2 N–H and O–H groups in total. The summed E-state index contributed by atoms with van der Waals surface area (Å²) in [5, 5.41) is 8.97. The van der Waals surface area contributed by atoms with Gasteiger partial charge in [0.05, 0.1) is 18.0 Å². The maximum absolute atomic E-state index is 8.97. The highest BCUT2D eigenvalue weighted by molar-refractivity contribution is 7.12. The zero-order chi connectivity index (χ0) is 13.7. The van der Waals surface area contributed by atoms with Gasteiger partial charge in [0, 0.05) is 22.3 Å². The van der Waals surface area contributed by atoms with Crippen LogP contribution in [0.25, 0.3) is 0 Å². The molecule has 0 saturated carbocycles. The Kier molecular flexibility index (Phi) is 5.80. The van der Waals surface area contributed by atoms with Gasteiger partial charge >= 0.3 is 0 Å². The first-order chi connectivity index (χ1) is 8.49. The molecule has 4 heteroatoms. The third-order valence-corrected chi connectivity index (χ3v) is 4.15. The number of likely N-dealkylation sites (N-methyl/N-ethyl adjacent to an activating group) is 1. The molecule has 1 aromatic rings. The summed E-state index contributed by atoms with van der Waals surface area (Å²) in [6.07, 6.45) is 0. The normalized spacial score (nSPS) is 16.3. The summed E-state index contributed by atoms with van der Waals surface area (Å²) in [6.45, 7) is 9.92. The molecule has 0 radical (unpaired) electrons. The molecule has 3 nitrogen and oxygen atoms in total. The van der Waals surface area contributed by atoms with Crippen LogP contribution in [-0.4, -0.2) is 24.0 Å². The molecule has 0 aromatic carbocycles. The van der Waals surface area contributed by atoms with Crippen LogP contribution in [0.2, 0.25) is 0 Å². The lowest BCUT2D eigenvalue weighted by molar-refractivity contribution is 0.176. The summed E-state index contributed by atoms with van der Waals surface area (Å²) < 4.78 is 0. The van der Waals surface area contributed by atoms with E-state index < -0.39 is 0 Å². The molecule has 3 atom stereocenters. The van der Waals surface area contributed by atoms with Gasteiger partial charge in [-0.15, -0.1) is 11.3 Å².